The van der Waals surface area contributed by atoms with Gasteiger partial charge in [-0.15, -0.1) is 0 Å². The molecule has 2 fully saturated rings. The molecule has 0 aromatic carbocycles. The zero-order chi connectivity index (χ0) is 13.7. The molecule has 0 spiro atoms. The Hall–Kier alpha value is -0.120. The van der Waals surface area contributed by atoms with Crippen LogP contribution >= 0.6 is 0 Å². The van der Waals surface area contributed by atoms with E-state index in [0.29, 0.717) is 12.1 Å². The molecular weight excluding hydrogens is 234 g/mol. The minimum absolute atomic E-state index is 0.708. The number of rotatable bonds is 3. The summed E-state index contributed by atoms with van der Waals surface area (Å²) in [5.41, 5.74) is 0. The van der Waals surface area contributed by atoms with E-state index < -0.39 is 0 Å². The zero-order valence-electron chi connectivity index (χ0n) is 13.2. The van der Waals surface area contributed by atoms with Crippen LogP contribution in [0.5, 0.6) is 0 Å². The maximum absolute atomic E-state index is 3.60. The van der Waals surface area contributed by atoms with Crippen LogP contribution in [-0.2, 0) is 0 Å². The lowest BCUT2D eigenvalue weighted by atomic mass is 9.91. The van der Waals surface area contributed by atoms with Gasteiger partial charge in [0.25, 0.3) is 0 Å². The second-order valence-electron chi connectivity index (χ2n) is 6.62. The summed E-state index contributed by atoms with van der Waals surface area (Å²) in [5, 5.41) is 3.60. The van der Waals surface area contributed by atoms with Crippen molar-refractivity contribution < 1.29 is 0 Å². The number of nitrogens with one attached hydrogen (secondary N) is 1. The molecule has 0 radical (unpaired) electrons. The van der Waals surface area contributed by atoms with Crippen molar-refractivity contribution in [3.63, 3.8) is 0 Å². The van der Waals surface area contributed by atoms with Gasteiger partial charge in [-0.05, 0) is 33.7 Å². The van der Waals surface area contributed by atoms with Gasteiger partial charge < -0.3 is 5.32 Å². The van der Waals surface area contributed by atoms with Crippen molar-refractivity contribution in [2.24, 2.45) is 0 Å². The molecule has 0 bridgehead atoms. The molecule has 112 valence electrons. The SMILES string of the molecule is CNC1CCCCCCC1N1CCN(C(C)C)CC1. The molecular formula is C16H33N3. The van der Waals surface area contributed by atoms with Crippen molar-refractivity contribution >= 4 is 0 Å². The van der Waals surface area contributed by atoms with E-state index in [9.17, 15) is 0 Å². The van der Waals surface area contributed by atoms with Crippen LogP contribution in [0.4, 0.5) is 0 Å². The molecule has 1 heterocycles. The zero-order valence-corrected chi connectivity index (χ0v) is 13.2. The average molecular weight is 267 g/mol. The molecule has 1 saturated carbocycles. The van der Waals surface area contributed by atoms with E-state index in [1.807, 2.05) is 0 Å². The van der Waals surface area contributed by atoms with E-state index in [-0.39, 0.29) is 0 Å². The highest BCUT2D eigenvalue weighted by atomic mass is 15.3. The molecule has 2 rings (SSSR count). The van der Waals surface area contributed by atoms with Gasteiger partial charge >= 0.3 is 0 Å². The first-order valence-corrected chi connectivity index (χ1v) is 8.37. The summed E-state index contributed by atoms with van der Waals surface area (Å²) >= 11 is 0. The molecule has 1 N–H and O–H groups in total. The molecule has 0 amide bonds. The van der Waals surface area contributed by atoms with Crippen LogP contribution in [0.3, 0.4) is 0 Å². The number of hydrogen-bond acceptors (Lipinski definition) is 3. The van der Waals surface area contributed by atoms with E-state index >= 15 is 0 Å². The van der Waals surface area contributed by atoms with Gasteiger partial charge in [-0.3, -0.25) is 9.80 Å². The molecule has 1 aliphatic heterocycles. The molecule has 1 saturated heterocycles. The van der Waals surface area contributed by atoms with Gasteiger partial charge in [0.15, 0.2) is 0 Å². The van der Waals surface area contributed by atoms with E-state index in [1.54, 1.807) is 0 Å². The summed E-state index contributed by atoms with van der Waals surface area (Å²) in [7, 11) is 2.16. The second kappa shape index (κ2) is 7.61. The predicted molar refractivity (Wildman–Crippen MR) is 82.6 cm³/mol. The quantitative estimate of drug-likeness (QED) is 0.846. The molecule has 2 unspecified atom stereocenters. The average Bonchev–Trinajstić information content (AvgIpc) is 2.39. The fraction of sp³-hybridized carbons (Fsp3) is 1.00. The summed E-state index contributed by atoms with van der Waals surface area (Å²) in [5.74, 6) is 0. The first-order chi connectivity index (χ1) is 9.22. The molecule has 2 atom stereocenters. The number of likely N-dealkylation sites (N-methyl/N-ethyl adjacent to an activating group) is 1. The third-order valence-corrected chi connectivity index (χ3v) is 5.15. The van der Waals surface area contributed by atoms with Gasteiger partial charge in [-0.1, -0.05) is 25.7 Å². The summed E-state index contributed by atoms with van der Waals surface area (Å²) in [6, 6.07) is 2.20. The molecule has 1 aliphatic carbocycles. The van der Waals surface area contributed by atoms with Crippen LogP contribution in [0.25, 0.3) is 0 Å². The Labute approximate surface area is 119 Å². The molecule has 3 heteroatoms. The third kappa shape index (κ3) is 4.17. The van der Waals surface area contributed by atoms with Crippen LogP contribution in [0.15, 0.2) is 0 Å². The van der Waals surface area contributed by atoms with Crippen LogP contribution in [0, 0.1) is 0 Å². The maximum atomic E-state index is 3.60. The highest BCUT2D eigenvalue weighted by Gasteiger charge is 2.29. The first kappa shape index (κ1) is 15.3. The minimum Gasteiger partial charge on any atom is -0.315 e. The minimum atomic E-state index is 0.708. The topological polar surface area (TPSA) is 18.5 Å². The lowest BCUT2D eigenvalue weighted by molar-refractivity contribution is 0.0562. The summed E-state index contributed by atoms with van der Waals surface area (Å²) in [6.07, 6.45) is 8.48. The normalized spacial score (nSPS) is 32.2. The van der Waals surface area contributed by atoms with Crippen molar-refractivity contribution in [1.82, 2.24) is 15.1 Å². The maximum Gasteiger partial charge on any atom is 0.0250 e. The number of nitrogens with zero attached hydrogens (tertiary/aromatic N) is 2. The van der Waals surface area contributed by atoms with Crippen molar-refractivity contribution in [1.29, 1.82) is 0 Å². The standard InChI is InChI=1S/C16H33N3/c1-14(2)18-10-12-19(13-11-18)16-9-7-5-4-6-8-15(16)17-3/h14-17H,4-13H2,1-3H3. The number of piperazine rings is 1. The van der Waals surface area contributed by atoms with Crippen LogP contribution in [0.2, 0.25) is 0 Å². The van der Waals surface area contributed by atoms with Gasteiger partial charge in [0.05, 0.1) is 0 Å². The van der Waals surface area contributed by atoms with Gasteiger partial charge in [-0.2, -0.15) is 0 Å². The Morgan fingerprint density at radius 1 is 0.895 bits per heavy atom. The molecule has 2 aliphatic rings. The number of hydrogen-bond donors (Lipinski definition) is 1. The van der Waals surface area contributed by atoms with Crippen molar-refractivity contribution in [3.8, 4) is 0 Å². The largest absolute Gasteiger partial charge is 0.315 e. The summed E-state index contributed by atoms with van der Waals surface area (Å²) in [4.78, 5) is 5.39. The third-order valence-electron chi connectivity index (χ3n) is 5.15. The molecule has 3 nitrogen and oxygen atoms in total. The lowest BCUT2D eigenvalue weighted by Crippen LogP contribution is -2.57. The fourth-order valence-corrected chi connectivity index (χ4v) is 3.82. The van der Waals surface area contributed by atoms with Crippen molar-refractivity contribution in [3.05, 3.63) is 0 Å². The van der Waals surface area contributed by atoms with Crippen LogP contribution < -0.4 is 5.32 Å². The Balaban J connectivity index is 1.90. The van der Waals surface area contributed by atoms with Crippen molar-refractivity contribution in [2.45, 2.75) is 70.5 Å². The first-order valence-electron chi connectivity index (χ1n) is 8.37. The Kier molecular flexibility index (Phi) is 6.11. The van der Waals surface area contributed by atoms with Crippen LogP contribution in [-0.4, -0.2) is 61.2 Å². The fourth-order valence-electron chi connectivity index (χ4n) is 3.82. The highest BCUT2D eigenvalue weighted by molar-refractivity contribution is 4.88. The molecule has 0 aromatic rings. The van der Waals surface area contributed by atoms with E-state index in [4.69, 9.17) is 0 Å². The van der Waals surface area contributed by atoms with Gasteiger partial charge in [0, 0.05) is 44.3 Å². The molecule has 0 aromatic heterocycles. The molecule has 19 heavy (non-hydrogen) atoms. The summed E-state index contributed by atoms with van der Waals surface area (Å²) < 4.78 is 0. The Morgan fingerprint density at radius 3 is 2.11 bits per heavy atom. The Morgan fingerprint density at radius 2 is 1.53 bits per heavy atom. The van der Waals surface area contributed by atoms with E-state index in [2.05, 4.69) is 36.0 Å². The van der Waals surface area contributed by atoms with Gasteiger partial charge in [0.2, 0.25) is 0 Å². The van der Waals surface area contributed by atoms with Crippen molar-refractivity contribution in [2.75, 3.05) is 33.2 Å². The monoisotopic (exact) mass is 267 g/mol. The van der Waals surface area contributed by atoms with Gasteiger partial charge in [0.1, 0.15) is 0 Å². The summed E-state index contributed by atoms with van der Waals surface area (Å²) in [6.45, 7) is 9.68. The Bertz CT molecular complexity index is 246. The predicted octanol–water partition coefficient (Wildman–Crippen LogP) is 2.32. The van der Waals surface area contributed by atoms with E-state index in [0.717, 1.165) is 6.04 Å². The van der Waals surface area contributed by atoms with Crippen LogP contribution in [0.1, 0.15) is 52.4 Å². The smallest absolute Gasteiger partial charge is 0.0250 e. The van der Waals surface area contributed by atoms with Gasteiger partial charge in [-0.25, -0.2) is 0 Å². The second-order valence-corrected chi connectivity index (χ2v) is 6.62. The highest BCUT2D eigenvalue weighted by Crippen LogP contribution is 2.23. The van der Waals surface area contributed by atoms with E-state index in [1.165, 1.54) is 64.7 Å². The lowest BCUT2D eigenvalue weighted by Gasteiger charge is -2.44.